The van der Waals surface area contributed by atoms with E-state index < -0.39 is 6.10 Å². The Morgan fingerprint density at radius 3 is 1.67 bits per heavy atom. The van der Waals surface area contributed by atoms with E-state index in [0.717, 1.165) is 38.5 Å². The summed E-state index contributed by atoms with van der Waals surface area (Å²) in [5.74, 6) is -0.379. The lowest BCUT2D eigenvalue weighted by molar-refractivity contribution is -0.153. The highest BCUT2D eigenvalue weighted by molar-refractivity contribution is 5.69. The van der Waals surface area contributed by atoms with E-state index in [0.29, 0.717) is 12.8 Å². The highest BCUT2D eigenvalue weighted by Gasteiger charge is 2.11. The molecule has 0 unspecified atom stereocenters. The molecule has 0 fully saturated rings. The van der Waals surface area contributed by atoms with Crippen molar-refractivity contribution in [3.05, 3.63) is 60.8 Å². The van der Waals surface area contributed by atoms with E-state index in [1.807, 2.05) is 0 Å². The second-order valence-electron chi connectivity index (χ2n) is 6.08. The molecule has 0 atom stereocenters. The molecule has 2 N–H and O–H groups in total. The molecule has 0 rings (SSSR count). The first-order chi connectivity index (χ1) is 13.2. The third-order valence-electron chi connectivity index (χ3n) is 3.61. The molecule has 0 aromatic rings. The number of carbonyl (C=O) groups is 1. The summed E-state index contributed by atoms with van der Waals surface area (Å²) in [7, 11) is 0. The van der Waals surface area contributed by atoms with Crippen LogP contribution < -0.4 is 0 Å². The van der Waals surface area contributed by atoms with Crippen LogP contribution in [0.15, 0.2) is 60.8 Å². The maximum atomic E-state index is 11.4. The first kappa shape index (κ1) is 25.1. The summed E-state index contributed by atoms with van der Waals surface area (Å²) in [5.41, 5.74) is 0. The number of hydrogen-bond acceptors (Lipinski definition) is 4. The average Bonchev–Trinajstić information content (AvgIpc) is 2.68. The number of hydrogen-bond donors (Lipinski definition) is 2. The van der Waals surface area contributed by atoms with E-state index in [2.05, 4.69) is 67.7 Å². The van der Waals surface area contributed by atoms with Crippen molar-refractivity contribution < 1.29 is 19.7 Å². The highest BCUT2D eigenvalue weighted by atomic mass is 16.6. The Bertz CT molecular complexity index is 483. The van der Waals surface area contributed by atoms with Gasteiger partial charge in [0, 0.05) is 6.42 Å². The molecule has 0 spiro atoms. The van der Waals surface area contributed by atoms with E-state index in [9.17, 15) is 4.79 Å². The van der Waals surface area contributed by atoms with Gasteiger partial charge in [0.15, 0.2) is 0 Å². The van der Waals surface area contributed by atoms with Crippen LogP contribution in [-0.2, 0) is 9.53 Å². The predicted octanol–water partition coefficient (Wildman–Crippen LogP) is 4.80. The smallest absolute Gasteiger partial charge is 0.306 e. The van der Waals surface area contributed by atoms with Gasteiger partial charge in [-0.3, -0.25) is 4.79 Å². The van der Waals surface area contributed by atoms with Crippen LogP contribution in [0.3, 0.4) is 0 Å². The molecule has 0 aliphatic heterocycles. The van der Waals surface area contributed by atoms with Gasteiger partial charge in [-0.25, -0.2) is 0 Å². The molecule has 152 valence electrons. The molecule has 0 aromatic heterocycles. The van der Waals surface area contributed by atoms with Gasteiger partial charge in [-0.15, -0.1) is 0 Å². The van der Waals surface area contributed by atoms with Crippen molar-refractivity contribution in [1.82, 2.24) is 0 Å². The van der Waals surface area contributed by atoms with Crippen molar-refractivity contribution in [3.63, 3.8) is 0 Å². The summed E-state index contributed by atoms with van der Waals surface area (Å²) >= 11 is 0. The number of rotatable bonds is 16. The Labute approximate surface area is 164 Å². The summed E-state index contributed by atoms with van der Waals surface area (Å²) in [6, 6.07) is 0. The Morgan fingerprint density at radius 2 is 1.22 bits per heavy atom. The summed E-state index contributed by atoms with van der Waals surface area (Å²) < 4.78 is 4.89. The SMILES string of the molecule is CC/C=C/C/C=C/C/C=C/C/C=C/C/C=C/CCCC(=O)OC(CO)CO. The van der Waals surface area contributed by atoms with Gasteiger partial charge in [0.2, 0.25) is 0 Å². The molecule has 0 aliphatic rings. The molecular formula is C23H36O4. The lowest BCUT2D eigenvalue weighted by Crippen LogP contribution is -2.25. The monoisotopic (exact) mass is 376 g/mol. The first-order valence-corrected chi connectivity index (χ1v) is 9.90. The van der Waals surface area contributed by atoms with Crippen LogP contribution in [0.25, 0.3) is 0 Å². The zero-order valence-corrected chi connectivity index (χ0v) is 16.6. The van der Waals surface area contributed by atoms with Gasteiger partial charge in [0.25, 0.3) is 0 Å². The average molecular weight is 377 g/mol. The Hall–Kier alpha value is -1.91. The van der Waals surface area contributed by atoms with Crippen LogP contribution in [0.1, 0.15) is 58.3 Å². The molecule has 0 aromatic carbocycles. The van der Waals surface area contributed by atoms with Crippen molar-refractivity contribution in [1.29, 1.82) is 0 Å². The molecule has 0 saturated heterocycles. The molecule has 0 aliphatic carbocycles. The molecular weight excluding hydrogens is 340 g/mol. The molecule has 0 bridgehead atoms. The third-order valence-corrected chi connectivity index (χ3v) is 3.61. The summed E-state index contributed by atoms with van der Waals surface area (Å²) in [5, 5.41) is 17.7. The standard InChI is InChI=1S/C23H36O4/c1-2-3-4-5-6-7-8-9-10-11-12-13-14-15-16-17-18-19-23(26)27-22(20-24)21-25/h3-4,6-7,9-10,12-13,15-16,22,24-25H,2,5,8,11,14,17-21H2,1H3/b4-3+,7-6+,10-9+,13-12+,16-15+. The number of unbranched alkanes of at least 4 members (excludes halogenated alkanes) is 1. The van der Waals surface area contributed by atoms with Gasteiger partial charge >= 0.3 is 5.97 Å². The van der Waals surface area contributed by atoms with Gasteiger partial charge in [0.1, 0.15) is 6.10 Å². The molecule has 0 radical (unpaired) electrons. The zero-order valence-electron chi connectivity index (χ0n) is 16.6. The van der Waals surface area contributed by atoms with Gasteiger partial charge < -0.3 is 14.9 Å². The van der Waals surface area contributed by atoms with Gasteiger partial charge in [-0.05, 0) is 44.9 Å². The van der Waals surface area contributed by atoms with Crippen molar-refractivity contribution in [2.75, 3.05) is 13.2 Å². The Balaban J connectivity index is 3.58. The van der Waals surface area contributed by atoms with Crippen LogP contribution in [0.4, 0.5) is 0 Å². The minimum atomic E-state index is -0.800. The maximum Gasteiger partial charge on any atom is 0.306 e. The van der Waals surface area contributed by atoms with Crippen LogP contribution in [0, 0.1) is 0 Å². The maximum absolute atomic E-state index is 11.4. The van der Waals surface area contributed by atoms with Crippen molar-refractivity contribution in [2.45, 2.75) is 64.4 Å². The molecule has 0 amide bonds. The fraction of sp³-hybridized carbons (Fsp3) is 0.522. The number of esters is 1. The quantitative estimate of drug-likeness (QED) is 0.231. The molecule has 27 heavy (non-hydrogen) atoms. The van der Waals surface area contributed by atoms with E-state index in [4.69, 9.17) is 14.9 Å². The van der Waals surface area contributed by atoms with Gasteiger partial charge in [-0.1, -0.05) is 67.7 Å². The highest BCUT2D eigenvalue weighted by Crippen LogP contribution is 2.02. The first-order valence-electron chi connectivity index (χ1n) is 9.90. The molecule has 4 heteroatoms. The van der Waals surface area contributed by atoms with E-state index >= 15 is 0 Å². The van der Waals surface area contributed by atoms with Crippen LogP contribution in [0.2, 0.25) is 0 Å². The summed E-state index contributed by atoms with van der Waals surface area (Å²) in [6.45, 7) is 1.44. The zero-order chi connectivity index (χ0) is 20.0. The van der Waals surface area contributed by atoms with Crippen LogP contribution >= 0.6 is 0 Å². The topological polar surface area (TPSA) is 66.8 Å². The number of allylic oxidation sites excluding steroid dienone is 10. The van der Waals surface area contributed by atoms with E-state index in [1.165, 1.54) is 0 Å². The van der Waals surface area contributed by atoms with E-state index in [-0.39, 0.29) is 19.2 Å². The third kappa shape index (κ3) is 18.7. The fourth-order valence-corrected chi connectivity index (χ4v) is 2.11. The number of aliphatic hydroxyl groups is 2. The Kier molecular flexibility index (Phi) is 19.0. The fourth-order valence-electron chi connectivity index (χ4n) is 2.11. The summed E-state index contributed by atoms with van der Waals surface area (Å²) in [6.07, 6.45) is 27.4. The van der Waals surface area contributed by atoms with E-state index in [1.54, 1.807) is 0 Å². The number of ether oxygens (including phenoxy) is 1. The van der Waals surface area contributed by atoms with Crippen molar-refractivity contribution in [3.8, 4) is 0 Å². The molecule has 0 saturated carbocycles. The van der Waals surface area contributed by atoms with Crippen LogP contribution in [-0.4, -0.2) is 35.5 Å². The largest absolute Gasteiger partial charge is 0.457 e. The normalized spacial score (nSPS) is 12.7. The Morgan fingerprint density at radius 1 is 0.778 bits per heavy atom. The minimum absolute atomic E-state index is 0.296. The minimum Gasteiger partial charge on any atom is -0.457 e. The lowest BCUT2D eigenvalue weighted by atomic mass is 10.2. The molecule has 0 heterocycles. The van der Waals surface area contributed by atoms with Crippen LogP contribution in [0.5, 0.6) is 0 Å². The van der Waals surface area contributed by atoms with Gasteiger partial charge in [-0.2, -0.15) is 0 Å². The number of carbonyl (C=O) groups excluding carboxylic acids is 1. The lowest BCUT2D eigenvalue weighted by Gasteiger charge is -2.11. The second-order valence-corrected chi connectivity index (χ2v) is 6.08. The van der Waals surface area contributed by atoms with Crippen molar-refractivity contribution >= 4 is 5.97 Å². The predicted molar refractivity (Wildman–Crippen MR) is 112 cm³/mol. The number of aliphatic hydroxyl groups excluding tert-OH is 2. The van der Waals surface area contributed by atoms with Gasteiger partial charge in [0.05, 0.1) is 13.2 Å². The second kappa shape index (κ2) is 20.4. The molecule has 4 nitrogen and oxygen atoms in total. The van der Waals surface area contributed by atoms with Crippen molar-refractivity contribution in [2.24, 2.45) is 0 Å². The summed E-state index contributed by atoms with van der Waals surface area (Å²) in [4.78, 5) is 11.4.